The maximum Gasteiger partial charge on any atom is 0.101 e. The van der Waals surface area contributed by atoms with Crippen molar-refractivity contribution in [2.24, 2.45) is 11.7 Å². The fourth-order valence-electron chi connectivity index (χ4n) is 1.74. The minimum absolute atomic E-state index is 0.334. The molecule has 5 atom stereocenters. The van der Waals surface area contributed by atoms with Crippen LogP contribution in [0.25, 0.3) is 0 Å². The highest BCUT2D eigenvalue weighted by Gasteiger charge is 2.61. The maximum absolute atomic E-state index is 9.26. The van der Waals surface area contributed by atoms with Gasteiger partial charge in [0.15, 0.2) is 0 Å². The SMILES string of the molecule is C[C@@H](O)[C@@]1(N)C(O)[C@H](O)C1CO. The summed E-state index contributed by atoms with van der Waals surface area (Å²) in [6.45, 7) is 1.09. The van der Waals surface area contributed by atoms with Gasteiger partial charge in [-0.3, -0.25) is 0 Å². The first-order valence-corrected chi connectivity index (χ1v) is 3.90. The first-order valence-electron chi connectivity index (χ1n) is 3.90. The minimum atomic E-state index is -1.27. The molecule has 1 rings (SSSR count). The summed E-state index contributed by atoms with van der Waals surface area (Å²) in [6, 6.07) is 0. The lowest BCUT2D eigenvalue weighted by molar-refractivity contribution is -0.210. The van der Waals surface area contributed by atoms with Gasteiger partial charge in [-0.2, -0.15) is 0 Å². The van der Waals surface area contributed by atoms with Crippen LogP contribution in [0, 0.1) is 5.92 Å². The largest absolute Gasteiger partial charge is 0.396 e. The molecule has 5 nitrogen and oxygen atoms in total. The standard InChI is InChI=1S/C7H15NO4/c1-3(10)7(8)4(2-9)5(11)6(7)12/h3-6,9-12H,2,8H2,1H3/t3-,4?,5-,6?,7+/m1/s1. The second-order valence-corrected chi connectivity index (χ2v) is 3.40. The Labute approximate surface area is 70.4 Å². The minimum Gasteiger partial charge on any atom is -0.396 e. The summed E-state index contributed by atoms with van der Waals surface area (Å²) in [5.74, 6) is -0.646. The van der Waals surface area contributed by atoms with Gasteiger partial charge in [-0.15, -0.1) is 0 Å². The Bertz CT molecular complexity index is 175. The molecule has 1 fully saturated rings. The van der Waals surface area contributed by atoms with Crippen LogP contribution in [-0.2, 0) is 0 Å². The van der Waals surface area contributed by atoms with E-state index in [1.165, 1.54) is 6.92 Å². The van der Waals surface area contributed by atoms with Gasteiger partial charge in [-0.25, -0.2) is 0 Å². The van der Waals surface area contributed by atoms with Gasteiger partial charge in [-0.1, -0.05) is 0 Å². The van der Waals surface area contributed by atoms with E-state index < -0.39 is 29.8 Å². The van der Waals surface area contributed by atoms with E-state index >= 15 is 0 Å². The lowest BCUT2D eigenvalue weighted by atomic mass is 9.60. The Kier molecular flexibility index (Phi) is 2.42. The second kappa shape index (κ2) is 2.93. The van der Waals surface area contributed by atoms with E-state index in [0.717, 1.165) is 0 Å². The third kappa shape index (κ3) is 0.982. The summed E-state index contributed by atoms with van der Waals surface area (Å²) < 4.78 is 0. The second-order valence-electron chi connectivity index (χ2n) is 3.40. The Balaban J connectivity index is 2.76. The Morgan fingerprint density at radius 3 is 2.25 bits per heavy atom. The van der Waals surface area contributed by atoms with Crippen molar-refractivity contribution < 1.29 is 20.4 Å². The highest BCUT2D eigenvalue weighted by Crippen LogP contribution is 2.39. The molecule has 0 amide bonds. The fourth-order valence-corrected chi connectivity index (χ4v) is 1.74. The molecule has 0 bridgehead atoms. The summed E-state index contributed by atoms with van der Waals surface area (Å²) in [7, 11) is 0. The molecule has 6 N–H and O–H groups in total. The van der Waals surface area contributed by atoms with Crippen molar-refractivity contribution in [1.82, 2.24) is 0 Å². The molecule has 1 aliphatic carbocycles. The molecule has 1 aliphatic rings. The molecule has 0 spiro atoms. The monoisotopic (exact) mass is 177 g/mol. The van der Waals surface area contributed by atoms with Crippen LogP contribution in [0.5, 0.6) is 0 Å². The molecule has 2 unspecified atom stereocenters. The van der Waals surface area contributed by atoms with Crippen molar-refractivity contribution in [1.29, 1.82) is 0 Å². The van der Waals surface area contributed by atoms with E-state index in [4.69, 9.17) is 15.9 Å². The van der Waals surface area contributed by atoms with Crippen molar-refractivity contribution in [3.8, 4) is 0 Å². The molecule has 1 saturated carbocycles. The summed E-state index contributed by atoms with van der Waals surface area (Å²) in [5.41, 5.74) is 4.34. The highest BCUT2D eigenvalue weighted by molar-refractivity contribution is 5.16. The molecule has 0 heterocycles. The van der Waals surface area contributed by atoms with Crippen LogP contribution in [0.4, 0.5) is 0 Å². The van der Waals surface area contributed by atoms with Crippen molar-refractivity contribution in [2.45, 2.75) is 30.8 Å². The molecule has 0 radical (unpaired) electrons. The van der Waals surface area contributed by atoms with Gasteiger partial charge in [0.05, 0.1) is 24.4 Å². The van der Waals surface area contributed by atoms with Gasteiger partial charge in [-0.05, 0) is 6.92 Å². The van der Waals surface area contributed by atoms with Crippen molar-refractivity contribution in [3.63, 3.8) is 0 Å². The predicted molar refractivity (Wildman–Crippen MR) is 41.2 cm³/mol. The molecule has 0 aromatic heterocycles. The zero-order valence-electron chi connectivity index (χ0n) is 6.88. The number of hydrogen-bond acceptors (Lipinski definition) is 5. The molecule has 5 heteroatoms. The molecular formula is C7H15NO4. The van der Waals surface area contributed by atoms with Gasteiger partial charge in [0.2, 0.25) is 0 Å². The molecule has 72 valence electrons. The number of aliphatic hydroxyl groups is 4. The molecule has 0 aromatic carbocycles. The van der Waals surface area contributed by atoms with Crippen molar-refractivity contribution in [2.75, 3.05) is 6.61 Å². The predicted octanol–water partition coefficient (Wildman–Crippen LogP) is -2.59. The average Bonchev–Trinajstić information content (AvgIpc) is 2.04. The Morgan fingerprint density at radius 2 is 2.00 bits per heavy atom. The van der Waals surface area contributed by atoms with E-state index in [1.807, 2.05) is 0 Å². The van der Waals surface area contributed by atoms with Crippen LogP contribution in [-0.4, -0.2) is 50.9 Å². The van der Waals surface area contributed by atoms with Crippen LogP contribution in [0.2, 0.25) is 0 Å². The summed E-state index contributed by atoms with van der Waals surface area (Å²) in [6.07, 6.45) is -3.14. The normalized spacial score (nSPS) is 50.0. The molecule has 12 heavy (non-hydrogen) atoms. The van der Waals surface area contributed by atoms with E-state index in [-0.39, 0.29) is 6.61 Å². The van der Waals surface area contributed by atoms with Crippen molar-refractivity contribution >= 4 is 0 Å². The summed E-state index contributed by atoms with van der Waals surface area (Å²) >= 11 is 0. The quantitative estimate of drug-likeness (QED) is 0.318. The van der Waals surface area contributed by atoms with Crippen LogP contribution >= 0.6 is 0 Å². The van der Waals surface area contributed by atoms with Crippen LogP contribution in [0.3, 0.4) is 0 Å². The lowest BCUT2D eigenvalue weighted by Crippen LogP contribution is -2.79. The average molecular weight is 177 g/mol. The van der Waals surface area contributed by atoms with Crippen LogP contribution < -0.4 is 5.73 Å². The number of nitrogens with two attached hydrogens (primary N) is 1. The van der Waals surface area contributed by atoms with E-state index in [2.05, 4.69) is 0 Å². The number of aliphatic hydroxyl groups excluding tert-OH is 4. The zero-order chi connectivity index (χ0) is 9.52. The smallest absolute Gasteiger partial charge is 0.101 e. The third-order valence-corrected chi connectivity index (χ3v) is 2.81. The van der Waals surface area contributed by atoms with E-state index in [9.17, 15) is 10.2 Å². The van der Waals surface area contributed by atoms with Gasteiger partial charge < -0.3 is 26.2 Å². The van der Waals surface area contributed by atoms with E-state index in [1.54, 1.807) is 0 Å². The van der Waals surface area contributed by atoms with Crippen LogP contribution in [0.15, 0.2) is 0 Å². The first-order chi connectivity index (χ1) is 5.46. The maximum atomic E-state index is 9.26. The topological polar surface area (TPSA) is 107 Å². The van der Waals surface area contributed by atoms with Crippen LogP contribution in [0.1, 0.15) is 6.92 Å². The fraction of sp³-hybridized carbons (Fsp3) is 1.00. The van der Waals surface area contributed by atoms with Crippen molar-refractivity contribution in [3.05, 3.63) is 0 Å². The highest BCUT2D eigenvalue weighted by atomic mass is 16.3. The number of hydrogen-bond donors (Lipinski definition) is 5. The molecule has 0 aromatic rings. The lowest BCUT2D eigenvalue weighted by Gasteiger charge is -2.55. The number of rotatable bonds is 2. The summed E-state index contributed by atoms with van der Waals surface area (Å²) in [4.78, 5) is 0. The van der Waals surface area contributed by atoms with Gasteiger partial charge in [0.1, 0.15) is 6.10 Å². The molecule has 0 aliphatic heterocycles. The Hall–Kier alpha value is -0.200. The third-order valence-electron chi connectivity index (χ3n) is 2.81. The summed E-state index contributed by atoms with van der Waals surface area (Å²) in [5, 5.41) is 36.4. The van der Waals surface area contributed by atoms with Gasteiger partial charge in [0.25, 0.3) is 0 Å². The zero-order valence-corrected chi connectivity index (χ0v) is 6.88. The first kappa shape index (κ1) is 9.88. The van der Waals surface area contributed by atoms with Gasteiger partial charge in [0, 0.05) is 5.92 Å². The molecular weight excluding hydrogens is 162 g/mol. The van der Waals surface area contributed by atoms with E-state index in [0.29, 0.717) is 0 Å². The Morgan fingerprint density at radius 1 is 1.50 bits per heavy atom. The van der Waals surface area contributed by atoms with Gasteiger partial charge >= 0.3 is 0 Å². The molecule has 0 saturated heterocycles.